The van der Waals surface area contributed by atoms with Gasteiger partial charge in [-0.1, -0.05) is 11.6 Å². The van der Waals surface area contributed by atoms with Crippen LogP contribution in [0.25, 0.3) is 0 Å². The van der Waals surface area contributed by atoms with E-state index < -0.39 is 11.0 Å². The third-order valence-electron chi connectivity index (χ3n) is 1.21. The van der Waals surface area contributed by atoms with E-state index in [-0.39, 0.29) is 11.5 Å². The average molecular weight is 190 g/mol. The van der Waals surface area contributed by atoms with Gasteiger partial charge >= 0.3 is 0 Å². The molecule has 0 radical (unpaired) electrons. The molecule has 12 heavy (non-hydrogen) atoms. The van der Waals surface area contributed by atoms with E-state index in [2.05, 4.69) is 10.3 Å². The second-order valence-corrected chi connectivity index (χ2v) is 2.90. The number of primary amides is 1. The number of nitrogens with one attached hydrogen (secondary N) is 1. The van der Waals surface area contributed by atoms with E-state index in [1.807, 2.05) is 0 Å². The van der Waals surface area contributed by atoms with Crippen LogP contribution in [0.5, 0.6) is 0 Å². The predicted molar refractivity (Wildman–Crippen MR) is 44.8 cm³/mol. The van der Waals surface area contributed by atoms with Crippen molar-refractivity contribution >= 4 is 23.7 Å². The van der Waals surface area contributed by atoms with Gasteiger partial charge in [-0.3, -0.25) is 10.5 Å². The summed E-state index contributed by atoms with van der Waals surface area (Å²) < 4.78 is 0. The highest BCUT2D eigenvalue weighted by Crippen LogP contribution is 2.10. The lowest BCUT2D eigenvalue weighted by Crippen LogP contribution is -2.54. The number of nitrogens with zero attached hydrogens (tertiary/aromatic N) is 1. The molecule has 0 aromatic carbocycles. The minimum absolute atomic E-state index is 0.0239. The van der Waals surface area contributed by atoms with E-state index in [0.29, 0.717) is 0 Å². The van der Waals surface area contributed by atoms with Crippen molar-refractivity contribution in [1.82, 2.24) is 5.32 Å². The summed E-state index contributed by atoms with van der Waals surface area (Å²) >= 11 is 5.60. The van der Waals surface area contributed by atoms with Gasteiger partial charge in [0.25, 0.3) is 5.91 Å². The van der Waals surface area contributed by atoms with E-state index in [1.165, 1.54) is 6.21 Å². The number of aliphatic imine (C=N–C) groups is 1. The monoisotopic (exact) mass is 189 g/mol. The second kappa shape index (κ2) is 2.65. The highest BCUT2D eigenvalue weighted by atomic mass is 35.5. The summed E-state index contributed by atoms with van der Waals surface area (Å²) in [5.74, 6) is -0.774. The molecule has 7 heteroatoms. The SMILES string of the molecule is NC(=O)C1=C(N)N=CC(N)(Cl)N1. The molecule has 1 rings (SSSR count). The zero-order valence-electron chi connectivity index (χ0n) is 6.04. The zero-order valence-corrected chi connectivity index (χ0v) is 6.80. The normalized spacial score (nSPS) is 28.5. The maximum Gasteiger partial charge on any atom is 0.268 e. The summed E-state index contributed by atoms with van der Waals surface area (Å²) in [5.41, 5.74) is 15.6. The van der Waals surface area contributed by atoms with Crippen molar-refractivity contribution in [3.63, 3.8) is 0 Å². The van der Waals surface area contributed by atoms with Crippen LogP contribution in [0.2, 0.25) is 0 Å². The Morgan fingerprint density at radius 1 is 1.75 bits per heavy atom. The molecule has 66 valence electrons. The van der Waals surface area contributed by atoms with Gasteiger partial charge in [-0.15, -0.1) is 0 Å². The van der Waals surface area contributed by atoms with Gasteiger partial charge in [-0.05, 0) is 0 Å². The molecule has 0 aromatic rings. The first-order chi connectivity index (χ1) is 5.42. The minimum atomic E-state index is -1.40. The fourth-order valence-corrected chi connectivity index (χ4v) is 0.847. The minimum Gasteiger partial charge on any atom is -0.382 e. The van der Waals surface area contributed by atoms with Gasteiger partial charge in [0.2, 0.25) is 5.12 Å². The lowest BCUT2D eigenvalue weighted by molar-refractivity contribution is -0.115. The van der Waals surface area contributed by atoms with Crippen LogP contribution in [0.1, 0.15) is 0 Å². The molecule has 0 saturated carbocycles. The molecule has 0 fully saturated rings. The van der Waals surface area contributed by atoms with Crippen molar-refractivity contribution in [3.8, 4) is 0 Å². The highest BCUT2D eigenvalue weighted by Gasteiger charge is 2.27. The Balaban J connectivity index is 2.99. The van der Waals surface area contributed by atoms with Crippen LogP contribution in [0.15, 0.2) is 16.5 Å². The van der Waals surface area contributed by atoms with Gasteiger partial charge in [0.05, 0.1) is 6.21 Å². The summed E-state index contributed by atoms with van der Waals surface area (Å²) in [4.78, 5) is 14.3. The molecule has 0 saturated heterocycles. The average Bonchev–Trinajstić information content (AvgIpc) is 1.94. The Bertz CT molecular complexity index is 282. The summed E-state index contributed by atoms with van der Waals surface area (Å²) in [5, 5.41) is 1.02. The number of halogens is 1. The second-order valence-electron chi connectivity index (χ2n) is 2.28. The molecule has 1 unspecified atom stereocenters. The Kier molecular flexibility index (Phi) is 1.95. The molecule has 0 aliphatic carbocycles. The Morgan fingerprint density at radius 3 is 2.75 bits per heavy atom. The number of carbonyl (C=O) groups excluding carboxylic acids is 1. The van der Waals surface area contributed by atoms with E-state index >= 15 is 0 Å². The first-order valence-electron chi connectivity index (χ1n) is 3.03. The smallest absolute Gasteiger partial charge is 0.268 e. The standard InChI is InChI=1S/C5H8ClN5O/c6-5(9)1-10-3(7)2(11-5)4(8)12/h1,11H,7,9H2,(H2,8,12). The van der Waals surface area contributed by atoms with Gasteiger partial charge in [0, 0.05) is 0 Å². The number of rotatable bonds is 1. The number of hydrogen-bond donors (Lipinski definition) is 4. The van der Waals surface area contributed by atoms with Crippen LogP contribution in [-0.4, -0.2) is 17.2 Å². The van der Waals surface area contributed by atoms with Crippen LogP contribution in [-0.2, 0) is 4.79 Å². The number of amides is 1. The molecular weight excluding hydrogens is 182 g/mol. The van der Waals surface area contributed by atoms with Crippen LogP contribution in [0.3, 0.4) is 0 Å². The first-order valence-corrected chi connectivity index (χ1v) is 3.41. The van der Waals surface area contributed by atoms with Crippen LogP contribution >= 0.6 is 11.6 Å². The fraction of sp³-hybridized carbons (Fsp3) is 0.200. The van der Waals surface area contributed by atoms with Gasteiger partial charge in [-0.25, -0.2) is 4.99 Å². The van der Waals surface area contributed by atoms with Crippen molar-refractivity contribution < 1.29 is 4.79 Å². The largest absolute Gasteiger partial charge is 0.382 e. The third-order valence-corrected chi connectivity index (χ3v) is 1.40. The molecule has 6 nitrogen and oxygen atoms in total. The van der Waals surface area contributed by atoms with E-state index in [9.17, 15) is 4.79 Å². The maximum absolute atomic E-state index is 10.7. The summed E-state index contributed by atoms with van der Waals surface area (Å²) in [6, 6.07) is 0. The Hall–Kier alpha value is -1.27. The lowest BCUT2D eigenvalue weighted by Gasteiger charge is -2.24. The molecule has 0 aromatic heterocycles. The number of nitrogens with two attached hydrogens (primary N) is 3. The Labute approximate surface area is 73.4 Å². The van der Waals surface area contributed by atoms with Gasteiger partial charge in [-0.2, -0.15) is 0 Å². The summed E-state index contributed by atoms with van der Waals surface area (Å²) in [7, 11) is 0. The highest BCUT2D eigenvalue weighted by molar-refractivity contribution is 6.32. The molecule has 0 spiro atoms. The Morgan fingerprint density at radius 2 is 2.33 bits per heavy atom. The van der Waals surface area contributed by atoms with Crippen molar-refractivity contribution in [1.29, 1.82) is 0 Å². The van der Waals surface area contributed by atoms with Crippen molar-refractivity contribution in [2.45, 2.75) is 5.12 Å². The predicted octanol–water partition coefficient (Wildman–Crippen LogP) is -1.88. The maximum atomic E-state index is 10.7. The number of hydrogen-bond acceptors (Lipinski definition) is 5. The molecule has 0 bridgehead atoms. The molecule has 1 aliphatic rings. The molecule has 1 amide bonds. The van der Waals surface area contributed by atoms with Crippen LogP contribution in [0.4, 0.5) is 0 Å². The van der Waals surface area contributed by atoms with Gasteiger partial charge < -0.3 is 16.8 Å². The van der Waals surface area contributed by atoms with Crippen molar-refractivity contribution in [2.75, 3.05) is 0 Å². The number of carbonyl (C=O) groups is 1. The lowest BCUT2D eigenvalue weighted by atomic mass is 10.3. The van der Waals surface area contributed by atoms with E-state index in [1.54, 1.807) is 0 Å². The quantitative estimate of drug-likeness (QED) is 0.285. The fourth-order valence-electron chi connectivity index (χ4n) is 0.704. The van der Waals surface area contributed by atoms with Crippen molar-refractivity contribution in [3.05, 3.63) is 11.5 Å². The van der Waals surface area contributed by atoms with Crippen molar-refractivity contribution in [2.24, 2.45) is 22.2 Å². The summed E-state index contributed by atoms with van der Waals surface area (Å²) in [6.45, 7) is 0. The molecule has 1 aliphatic heterocycles. The molecule has 7 N–H and O–H groups in total. The zero-order chi connectivity index (χ0) is 9.35. The third kappa shape index (κ3) is 1.66. The summed E-state index contributed by atoms with van der Waals surface area (Å²) in [6.07, 6.45) is 1.18. The molecule has 1 heterocycles. The van der Waals surface area contributed by atoms with Gasteiger partial charge in [0.15, 0.2) is 5.82 Å². The molecular formula is C5H8ClN5O. The molecule has 1 atom stereocenters. The van der Waals surface area contributed by atoms with E-state index in [4.69, 9.17) is 28.8 Å². The van der Waals surface area contributed by atoms with Crippen LogP contribution in [0, 0.1) is 0 Å². The van der Waals surface area contributed by atoms with E-state index in [0.717, 1.165) is 0 Å². The number of alkyl halides is 1. The first kappa shape index (κ1) is 8.82. The van der Waals surface area contributed by atoms with Gasteiger partial charge in [0.1, 0.15) is 5.70 Å². The topological polar surface area (TPSA) is 120 Å². The van der Waals surface area contributed by atoms with Crippen LogP contribution < -0.4 is 22.5 Å².